The maximum Gasteiger partial charge on any atom is 0.345 e. The molecule has 1 fully saturated rings. The van der Waals surface area contributed by atoms with E-state index in [0.717, 1.165) is 37.0 Å². The Bertz CT molecular complexity index is 595. The molecule has 1 aliphatic carbocycles. The molecule has 6 nitrogen and oxygen atoms in total. The van der Waals surface area contributed by atoms with Crippen LogP contribution in [0.3, 0.4) is 0 Å². The molecule has 1 aromatic heterocycles. The van der Waals surface area contributed by atoms with Crippen molar-refractivity contribution < 1.29 is 23.4 Å². The van der Waals surface area contributed by atoms with E-state index in [4.69, 9.17) is 5.11 Å². The number of carboxylic acids is 1. The number of carbonyl (C=O) groups is 1. The summed E-state index contributed by atoms with van der Waals surface area (Å²) in [6.45, 7) is 0.361. The van der Waals surface area contributed by atoms with Gasteiger partial charge in [0, 0.05) is 18.5 Å². The van der Waals surface area contributed by atoms with Crippen molar-refractivity contribution in [3.05, 3.63) is 16.3 Å². The van der Waals surface area contributed by atoms with Crippen molar-refractivity contribution >= 4 is 27.3 Å². The molecule has 0 amide bonds. The Labute approximate surface area is 127 Å². The SMILES string of the molecule is O=C(O)c1cc(S(=O)(=O)NCC2CCCCC2CO)cs1. The largest absolute Gasteiger partial charge is 0.477 e. The van der Waals surface area contributed by atoms with E-state index in [-0.39, 0.29) is 34.8 Å². The first-order chi connectivity index (χ1) is 9.94. The molecule has 0 radical (unpaired) electrons. The molecule has 0 aromatic carbocycles. The molecular weight excluding hydrogens is 314 g/mol. The van der Waals surface area contributed by atoms with Gasteiger partial charge >= 0.3 is 5.97 Å². The second-order valence-corrected chi connectivity index (χ2v) is 7.97. The molecule has 21 heavy (non-hydrogen) atoms. The monoisotopic (exact) mass is 333 g/mol. The van der Waals surface area contributed by atoms with E-state index in [0.29, 0.717) is 0 Å². The third-order valence-corrected chi connectivity index (χ3v) is 6.40. The van der Waals surface area contributed by atoms with E-state index in [1.54, 1.807) is 0 Å². The van der Waals surface area contributed by atoms with Crippen LogP contribution >= 0.6 is 11.3 Å². The molecule has 1 aliphatic rings. The summed E-state index contributed by atoms with van der Waals surface area (Å²) >= 11 is 0.892. The van der Waals surface area contributed by atoms with E-state index in [1.165, 1.54) is 11.4 Å². The van der Waals surface area contributed by atoms with Gasteiger partial charge < -0.3 is 10.2 Å². The first kappa shape index (κ1) is 16.4. The lowest BCUT2D eigenvalue weighted by Gasteiger charge is -2.30. The number of thiophene rings is 1. The standard InChI is InChI=1S/C13H19NO5S2/c15-7-10-4-2-1-3-9(10)6-14-21(18,19)11-5-12(13(16)17)20-8-11/h5,8-10,14-15H,1-4,6-7H2,(H,16,17). The van der Waals surface area contributed by atoms with Gasteiger partial charge in [0.05, 0.1) is 4.90 Å². The van der Waals surface area contributed by atoms with Crippen molar-refractivity contribution in [2.24, 2.45) is 11.8 Å². The van der Waals surface area contributed by atoms with Gasteiger partial charge in [0.25, 0.3) is 0 Å². The van der Waals surface area contributed by atoms with Crippen LogP contribution in [0.5, 0.6) is 0 Å². The second kappa shape index (κ2) is 6.87. The molecule has 3 N–H and O–H groups in total. The molecule has 0 bridgehead atoms. The minimum atomic E-state index is -3.69. The first-order valence-corrected chi connectivity index (χ1v) is 9.22. The highest BCUT2D eigenvalue weighted by atomic mass is 32.2. The fourth-order valence-corrected chi connectivity index (χ4v) is 4.87. The number of rotatable bonds is 6. The summed E-state index contributed by atoms with van der Waals surface area (Å²) in [4.78, 5) is 10.8. The number of nitrogens with one attached hydrogen (secondary N) is 1. The zero-order valence-electron chi connectivity index (χ0n) is 11.5. The Morgan fingerprint density at radius 3 is 2.57 bits per heavy atom. The van der Waals surface area contributed by atoms with E-state index in [9.17, 15) is 18.3 Å². The second-order valence-electron chi connectivity index (χ2n) is 5.29. The predicted molar refractivity (Wildman–Crippen MR) is 79.0 cm³/mol. The summed E-state index contributed by atoms with van der Waals surface area (Å²) < 4.78 is 26.8. The summed E-state index contributed by atoms with van der Waals surface area (Å²) in [5.41, 5.74) is 0. The summed E-state index contributed by atoms with van der Waals surface area (Å²) in [7, 11) is -3.69. The molecule has 1 saturated carbocycles. The topological polar surface area (TPSA) is 104 Å². The van der Waals surface area contributed by atoms with Crippen LogP contribution in [-0.2, 0) is 10.0 Å². The van der Waals surface area contributed by atoms with Gasteiger partial charge in [-0.2, -0.15) is 0 Å². The van der Waals surface area contributed by atoms with Crippen LogP contribution < -0.4 is 4.72 Å². The van der Waals surface area contributed by atoms with Crippen molar-refractivity contribution in [1.82, 2.24) is 4.72 Å². The lowest BCUT2D eigenvalue weighted by molar-refractivity contribution is 0.0702. The van der Waals surface area contributed by atoms with E-state index in [1.807, 2.05) is 0 Å². The van der Waals surface area contributed by atoms with Gasteiger partial charge in [-0.3, -0.25) is 0 Å². The van der Waals surface area contributed by atoms with Crippen LogP contribution in [0, 0.1) is 11.8 Å². The Hall–Kier alpha value is -0.960. The highest BCUT2D eigenvalue weighted by Crippen LogP contribution is 2.29. The molecule has 8 heteroatoms. The van der Waals surface area contributed by atoms with E-state index < -0.39 is 16.0 Å². The summed E-state index contributed by atoms with van der Waals surface area (Å²) in [5, 5.41) is 19.5. The number of hydrogen-bond acceptors (Lipinski definition) is 5. The quantitative estimate of drug-likeness (QED) is 0.732. The highest BCUT2D eigenvalue weighted by Gasteiger charge is 2.26. The van der Waals surface area contributed by atoms with Crippen LogP contribution in [0.4, 0.5) is 0 Å². The fourth-order valence-electron chi connectivity index (χ4n) is 2.67. The first-order valence-electron chi connectivity index (χ1n) is 6.86. The third kappa shape index (κ3) is 4.03. The smallest absolute Gasteiger partial charge is 0.345 e. The van der Waals surface area contributed by atoms with E-state index >= 15 is 0 Å². The van der Waals surface area contributed by atoms with E-state index in [2.05, 4.69) is 4.72 Å². The lowest BCUT2D eigenvalue weighted by atomic mass is 9.80. The molecular formula is C13H19NO5S2. The minimum Gasteiger partial charge on any atom is -0.477 e. The Kier molecular flexibility index (Phi) is 5.37. The van der Waals surface area contributed by atoms with Crippen molar-refractivity contribution in [2.45, 2.75) is 30.6 Å². The van der Waals surface area contributed by atoms with Crippen molar-refractivity contribution in [1.29, 1.82) is 0 Å². The maximum absolute atomic E-state index is 12.1. The summed E-state index contributed by atoms with van der Waals surface area (Å²) in [5.74, 6) is -0.858. The number of carboxylic acid groups (broad SMARTS) is 1. The van der Waals surface area contributed by atoms with Crippen LogP contribution in [0.15, 0.2) is 16.3 Å². The average molecular weight is 333 g/mol. The maximum atomic E-state index is 12.1. The predicted octanol–water partition coefficient (Wildman–Crippen LogP) is 1.52. The number of hydrogen-bond donors (Lipinski definition) is 3. The van der Waals surface area contributed by atoms with Gasteiger partial charge in [-0.25, -0.2) is 17.9 Å². The van der Waals surface area contributed by atoms with Crippen LogP contribution in [-0.4, -0.2) is 37.8 Å². The highest BCUT2D eigenvalue weighted by molar-refractivity contribution is 7.89. The molecule has 1 heterocycles. The van der Waals surface area contributed by atoms with Crippen LogP contribution in [0.1, 0.15) is 35.4 Å². The fraction of sp³-hybridized carbons (Fsp3) is 0.615. The Morgan fingerprint density at radius 2 is 2.00 bits per heavy atom. The van der Waals surface area contributed by atoms with Crippen LogP contribution in [0.25, 0.3) is 0 Å². The molecule has 2 unspecified atom stereocenters. The molecule has 0 aliphatic heterocycles. The van der Waals surface area contributed by atoms with Crippen molar-refractivity contribution in [3.63, 3.8) is 0 Å². The summed E-state index contributed by atoms with van der Waals surface area (Å²) in [6, 6.07) is 1.17. The molecule has 0 spiro atoms. The molecule has 118 valence electrons. The molecule has 2 rings (SSSR count). The van der Waals surface area contributed by atoms with Gasteiger partial charge in [-0.05, 0) is 30.7 Å². The molecule has 1 aromatic rings. The molecule has 0 saturated heterocycles. The number of aliphatic hydroxyl groups is 1. The normalized spacial score (nSPS) is 23.1. The van der Waals surface area contributed by atoms with Gasteiger partial charge in [-0.1, -0.05) is 12.8 Å². The summed E-state index contributed by atoms with van der Waals surface area (Å²) in [6.07, 6.45) is 3.94. The van der Waals surface area contributed by atoms with Gasteiger partial charge in [0.1, 0.15) is 4.88 Å². The molecule has 2 atom stereocenters. The lowest BCUT2D eigenvalue weighted by Crippen LogP contribution is -2.35. The zero-order chi connectivity index (χ0) is 15.5. The minimum absolute atomic E-state index is 0.00118. The number of sulfonamides is 1. The Balaban J connectivity index is 2.01. The number of aliphatic hydroxyl groups excluding tert-OH is 1. The van der Waals surface area contributed by atoms with Gasteiger partial charge in [0.15, 0.2) is 0 Å². The number of aromatic carboxylic acids is 1. The Morgan fingerprint density at radius 1 is 1.33 bits per heavy atom. The average Bonchev–Trinajstić information content (AvgIpc) is 2.96. The van der Waals surface area contributed by atoms with Gasteiger partial charge in [0.2, 0.25) is 10.0 Å². The van der Waals surface area contributed by atoms with Crippen LogP contribution in [0.2, 0.25) is 0 Å². The van der Waals surface area contributed by atoms with Crippen molar-refractivity contribution in [3.8, 4) is 0 Å². The van der Waals surface area contributed by atoms with Crippen molar-refractivity contribution in [2.75, 3.05) is 13.2 Å². The van der Waals surface area contributed by atoms with Gasteiger partial charge in [-0.15, -0.1) is 11.3 Å². The third-order valence-electron chi connectivity index (χ3n) is 3.93. The zero-order valence-corrected chi connectivity index (χ0v) is 13.1.